The first-order valence-electron chi connectivity index (χ1n) is 14.0. The minimum absolute atomic E-state index is 0. The van der Waals surface area contributed by atoms with E-state index in [2.05, 4.69) is 27.7 Å². The van der Waals surface area contributed by atoms with Crippen LogP contribution in [0.2, 0.25) is 0 Å². The maximum absolute atomic E-state index is 10.2. The number of halogens is 2. The molecule has 0 aliphatic rings. The number of hydrogen-bond donors (Lipinski definition) is 1. The SMILES string of the molecule is CCCCC(CC)CO.CCCCCCCCCC([NH-])=O.CCCCCCCCCC([NH-])=O.[Cl-].[Cl-].[Ti+4]. The van der Waals surface area contributed by atoms with Gasteiger partial charge >= 0.3 is 21.7 Å². The van der Waals surface area contributed by atoms with Crippen molar-refractivity contribution >= 4 is 11.8 Å². The van der Waals surface area contributed by atoms with Crippen molar-refractivity contribution in [1.29, 1.82) is 0 Å². The second-order valence-corrected chi connectivity index (χ2v) is 9.19. The van der Waals surface area contributed by atoms with Crippen molar-refractivity contribution in [2.45, 2.75) is 156 Å². The molecule has 0 aliphatic carbocycles. The van der Waals surface area contributed by atoms with Crippen LogP contribution in [0.25, 0.3) is 11.5 Å². The molecule has 1 unspecified atom stereocenters. The van der Waals surface area contributed by atoms with Crippen LogP contribution in [-0.4, -0.2) is 23.5 Å². The number of aliphatic hydroxyl groups excluding tert-OH is 1. The second kappa shape index (κ2) is 45.1. The van der Waals surface area contributed by atoms with Crippen LogP contribution < -0.4 is 24.8 Å². The van der Waals surface area contributed by atoms with Crippen molar-refractivity contribution in [3.63, 3.8) is 0 Å². The quantitative estimate of drug-likeness (QED) is 0.164. The molecule has 0 saturated carbocycles. The Bertz CT molecular complexity index is 375. The zero-order valence-corrected chi connectivity index (χ0v) is 27.0. The fourth-order valence-electron chi connectivity index (χ4n) is 3.40. The van der Waals surface area contributed by atoms with Crippen LogP contribution in [-0.2, 0) is 31.3 Å². The van der Waals surface area contributed by atoms with Gasteiger partial charge in [-0.15, -0.1) is 0 Å². The first-order valence-corrected chi connectivity index (χ1v) is 14.0. The molecule has 0 heterocycles. The molecule has 2 amide bonds. The molecule has 0 aromatic heterocycles. The van der Waals surface area contributed by atoms with Gasteiger partial charge in [-0.3, -0.25) is 0 Å². The second-order valence-electron chi connectivity index (χ2n) is 9.19. The predicted octanol–water partition coefficient (Wildman–Crippen LogP) is 3.61. The molecule has 0 aromatic rings. The molecule has 0 fully saturated rings. The molecule has 0 bridgehead atoms. The molecule has 8 heteroatoms. The Balaban J connectivity index is -0.0000000910. The van der Waals surface area contributed by atoms with Crippen LogP contribution in [0.15, 0.2) is 0 Å². The number of amides is 2. The summed E-state index contributed by atoms with van der Waals surface area (Å²) in [6, 6.07) is 0. The van der Waals surface area contributed by atoms with Gasteiger partial charge in [0.2, 0.25) is 0 Å². The van der Waals surface area contributed by atoms with Crippen LogP contribution in [0.5, 0.6) is 0 Å². The average Bonchev–Trinajstić information content (AvgIpc) is 2.79. The maximum Gasteiger partial charge on any atom is 4.00 e. The largest absolute Gasteiger partial charge is 4.00 e. The Kier molecular flexibility index (Phi) is 61.7. The zero-order chi connectivity index (χ0) is 25.6. The topological polar surface area (TPSA) is 102 Å². The molecule has 36 heavy (non-hydrogen) atoms. The predicted molar refractivity (Wildman–Crippen MR) is 144 cm³/mol. The molecule has 216 valence electrons. The molecule has 0 rings (SSSR count). The van der Waals surface area contributed by atoms with Crippen molar-refractivity contribution in [3.8, 4) is 0 Å². The van der Waals surface area contributed by atoms with E-state index in [9.17, 15) is 9.59 Å². The summed E-state index contributed by atoms with van der Waals surface area (Å²) in [4.78, 5) is 20.5. The number of unbranched alkanes of at least 4 members (excludes halogenated alkanes) is 13. The number of aliphatic hydroxyl groups is 1. The van der Waals surface area contributed by atoms with E-state index in [4.69, 9.17) is 16.6 Å². The molecular weight excluding hydrogens is 531 g/mol. The van der Waals surface area contributed by atoms with Gasteiger partial charge in [0.15, 0.2) is 0 Å². The third-order valence-electron chi connectivity index (χ3n) is 5.82. The monoisotopic (exact) mass is 588 g/mol. The first kappa shape index (κ1) is 49.2. The summed E-state index contributed by atoms with van der Waals surface area (Å²) in [5.74, 6) is -0.267. The third kappa shape index (κ3) is 54.9. The van der Waals surface area contributed by atoms with E-state index in [1.165, 1.54) is 83.5 Å². The Labute approximate surface area is 252 Å². The first-order chi connectivity index (χ1) is 15.9. The van der Waals surface area contributed by atoms with Gasteiger partial charge in [0.05, 0.1) is 0 Å². The van der Waals surface area contributed by atoms with Gasteiger partial charge in [-0.2, -0.15) is 0 Å². The normalized spacial score (nSPS) is 10.1. The zero-order valence-electron chi connectivity index (χ0n) is 23.9. The maximum atomic E-state index is 10.2. The summed E-state index contributed by atoms with van der Waals surface area (Å²) in [6.45, 7) is 9.11. The fourth-order valence-corrected chi connectivity index (χ4v) is 3.40. The van der Waals surface area contributed by atoms with E-state index in [0.717, 1.165) is 32.1 Å². The standard InChI is InChI=1S/2C10H21NO.C8H18O.2ClH.Ti/c2*1-2-3-4-5-6-7-8-9-10(11)12;1-3-5-6-8(4-2)7-9;;;/h2*2-9H2,1H3,(H2,11,12);8-9H,3-7H2,1-2H3;2*1H;/q;;;;;+4/p-4. The number of hydrogen-bond acceptors (Lipinski definition) is 3. The van der Waals surface area contributed by atoms with E-state index >= 15 is 0 Å². The molecule has 0 saturated heterocycles. The Hall–Kier alpha value is 0.194. The molecule has 0 aromatic carbocycles. The molecule has 0 radical (unpaired) electrons. The average molecular weight is 590 g/mol. The van der Waals surface area contributed by atoms with Gasteiger partial charge in [0.1, 0.15) is 0 Å². The summed E-state index contributed by atoms with van der Waals surface area (Å²) in [5, 5.41) is 8.75. The summed E-state index contributed by atoms with van der Waals surface area (Å²) in [7, 11) is 0. The van der Waals surface area contributed by atoms with Crippen LogP contribution in [0, 0.1) is 5.92 Å². The van der Waals surface area contributed by atoms with E-state index in [1.54, 1.807) is 0 Å². The van der Waals surface area contributed by atoms with Gasteiger partial charge in [0.25, 0.3) is 0 Å². The summed E-state index contributed by atoms with van der Waals surface area (Å²) in [5.41, 5.74) is 13.4. The van der Waals surface area contributed by atoms with E-state index in [-0.39, 0.29) is 46.5 Å². The Morgan fingerprint density at radius 3 is 1.14 bits per heavy atom. The van der Waals surface area contributed by atoms with Crippen molar-refractivity contribution in [1.82, 2.24) is 0 Å². The van der Waals surface area contributed by atoms with Gasteiger partial charge in [0, 0.05) is 18.4 Å². The minimum Gasteiger partial charge on any atom is -1.00 e. The molecular formula is C28H58Cl2N2O3Ti. The van der Waals surface area contributed by atoms with Gasteiger partial charge in [-0.05, 0) is 38.0 Å². The van der Waals surface area contributed by atoms with Crippen LogP contribution in [0.1, 0.15) is 156 Å². The smallest absolute Gasteiger partial charge is 1.00 e. The van der Waals surface area contributed by atoms with Crippen molar-refractivity contribution in [2.24, 2.45) is 5.92 Å². The summed E-state index contributed by atoms with van der Waals surface area (Å²) < 4.78 is 0. The number of carbonyl (C=O) groups is 2. The van der Waals surface area contributed by atoms with Crippen LogP contribution in [0.3, 0.4) is 0 Å². The van der Waals surface area contributed by atoms with Crippen LogP contribution >= 0.6 is 0 Å². The van der Waals surface area contributed by atoms with Crippen molar-refractivity contribution in [2.75, 3.05) is 6.61 Å². The Morgan fingerprint density at radius 2 is 0.889 bits per heavy atom. The fraction of sp³-hybridized carbons (Fsp3) is 0.929. The van der Waals surface area contributed by atoms with Gasteiger partial charge in [-0.1, -0.05) is 124 Å². The molecule has 3 N–H and O–H groups in total. The van der Waals surface area contributed by atoms with Crippen molar-refractivity contribution in [3.05, 3.63) is 11.5 Å². The molecule has 0 spiro atoms. The number of carbonyl (C=O) groups excluding carboxylic acids is 2. The number of rotatable bonds is 21. The van der Waals surface area contributed by atoms with Crippen LogP contribution in [0.4, 0.5) is 0 Å². The number of nitrogens with one attached hydrogen (secondary N) is 2. The molecule has 0 aliphatic heterocycles. The Morgan fingerprint density at radius 1 is 0.583 bits per heavy atom. The summed E-state index contributed by atoms with van der Waals surface area (Å²) >= 11 is 0. The van der Waals surface area contributed by atoms with E-state index < -0.39 is 11.8 Å². The van der Waals surface area contributed by atoms with E-state index in [1.807, 2.05) is 0 Å². The third-order valence-corrected chi connectivity index (χ3v) is 5.82. The van der Waals surface area contributed by atoms with E-state index in [0.29, 0.717) is 25.4 Å². The van der Waals surface area contributed by atoms with Crippen molar-refractivity contribution < 1.29 is 61.2 Å². The van der Waals surface area contributed by atoms with Gasteiger partial charge in [-0.25, -0.2) is 0 Å². The summed E-state index contributed by atoms with van der Waals surface area (Å²) in [6.07, 6.45) is 22.7. The van der Waals surface area contributed by atoms with Gasteiger partial charge < -0.3 is 51.0 Å². The minimum atomic E-state index is -0.413. The molecule has 5 nitrogen and oxygen atoms in total. The molecule has 1 atom stereocenters.